The van der Waals surface area contributed by atoms with Gasteiger partial charge in [-0.2, -0.15) is 8.42 Å². The fourth-order valence-corrected chi connectivity index (χ4v) is 10.8. The second-order valence-corrected chi connectivity index (χ2v) is 15.8. The SMILES string of the molecule is C[C@H](CCC(=O)NCCCCCC(OS(=O)(=O)O)N(C)C)[C@H]1CCC2C3CCC4CCCC[C@]4(C)C3CC[C@@]21C. The summed E-state index contributed by atoms with van der Waals surface area (Å²) >= 11 is 0. The number of unbranched alkanes of at least 4 members (excludes halogenated alkanes) is 2. The van der Waals surface area contributed by atoms with Crippen LogP contribution in [0.1, 0.15) is 124 Å². The molecule has 232 valence electrons. The van der Waals surface area contributed by atoms with Crippen LogP contribution in [0.2, 0.25) is 0 Å². The van der Waals surface area contributed by atoms with Crippen LogP contribution in [0.15, 0.2) is 0 Å². The lowest BCUT2D eigenvalue weighted by Gasteiger charge is -2.61. The molecule has 0 aromatic heterocycles. The van der Waals surface area contributed by atoms with Crippen molar-refractivity contribution in [3.8, 4) is 0 Å². The second kappa shape index (κ2) is 13.3. The molecule has 7 nitrogen and oxygen atoms in total. The molecule has 4 aliphatic carbocycles. The lowest BCUT2D eigenvalue weighted by atomic mass is 9.44. The van der Waals surface area contributed by atoms with Crippen LogP contribution in [-0.2, 0) is 19.4 Å². The van der Waals surface area contributed by atoms with Gasteiger partial charge in [-0.25, -0.2) is 4.18 Å². The highest BCUT2D eigenvalue weighted by Crippen LogP contribution is 2.68. The number of hydrogen-bond donors (Lipinski definition) is 2. The molecule has 40 heavy (non-hydrogen) atoms. The van der Waals surface area contributed by atoms with Gasteiger partial charge in [-0.3, -0.25) is 14.2 Å². The van der Waals surface area contributed by atoms with Crippen molar-refractivity contribution in [2.45, 2.75) is 130 Å². The maximum atomic E-state index is 12.6. The van der Waals surface area contributed by atoms with Crippen LogP contribution in [-0.4, -0.2) is 50.6 Å². The molecule has 0 aromatic carbocycles. The third-order valence-electron chi connectivity index (χ3n) is 12.4. The van der Waals surface area contributed by atoms with Gasteiger partial charge in [-0.05, 0) is 137 Å². The lowest BCUT2D eigenvalue weighted by molar-refractivity contribution is -0.122. The average Bonchev–Trinajstić information content (AvgIpc) is 3.24. The van der Waals surface area contributed by atoms with Crippen LogP contribution < -0.4 is 5.32 Å². The Morgan fingerprint density at radius 3 is 2.42 bits per heavy atom. The van der Waals surface area contributed by atoms with Gasteiger partial charge in [0.25, 0.3) is 0 Å². The van der Waals surface area contributed by atoms with Crippen molar-refractivity contribution >= 4 is 16.3 Å². The highest BCUT2D eigenvalue weighted by atomic mass is 32.3. The summed E-state index contributed by atoms with van der Waals surface area (Å²) in [5, 5.41) is 3.09. The number of carbonyl (C=O) groups is 1. The van der Waals surface area contributed by atoms with Gasteiger partial charge in [-0.15, -0.1) is 0 Å². The highest BCUT2D eigenvalue weighted by molar-refractivity contribution is 7.80. The van der Waals surface area contributed by atoms with Gasteiger partial charge in [0.1, 0.15) is 6.23 Å². The second-order valence-electron chi connectivity index (χ2n) is 14.8. The van der Waals surface area contributed by atoms with Gasteiger partial charge in [-0.1, -0.05) is 40.0 Å². The third-order valence-corrected chi connectivity index (χ3v) is 12.9. The molecule has 0 bridgehead atoms. The van der Waals surface area contributed by atoms with Crippen molar-refractivity contribution in [2.75, 3.05) is 20.6 Å². The molecule has 1 amide bonds. The number of hydrogen-bond acceptors (Lipinski definition) is 5. The number of nitrogens with zero attached hydrogens (tertiary/aromatic N) is 1. The molecule has 4 fully saturated rings. The van der Waals surface area contributed by atoms with E-state index in [0.717, 1.165) is 55.3 Å². The summed E-state index contributed by atoms with van der Waals surface area (Å²) in [5.74, 6) is 5.25. The molecule has 4 rings (SSSR count). The molecular formula is C32H58N2O5S. The zero-order valence-corrected chi connectivity index (χ0v) is 26.8. The van der Waals surface area contributed by atoms with Crippen LogP contribution >= 0.6 is 0 Å². The molecule has 0 aliphatic heterocycles. The standard InChI is InChI=1S/C32H58N2O5S/c1-23(13-18-29(35)33-22-10-6-7-12-30(34(4)5)39-40(36,37)38)26-16-17-27-25-15-14-24-11-8-9-20-31(24,2)28(25)19-21-32(26,27)3/h23-28,30H,6-22H2,1-5H3,(H,33,35)(H,36,37,38)/t23-,24?,25?,26-,27?,28?,30?,31+,32-/m1/s1. The Balaban J connectivity index is 1.17. The largest absolute Gasteiger partial charge is 0.398 e. The molecule has 0 radical (unpaired) electrons. The number of amides is 1. The van der Waals surface area contributed by atoms with E-state index in [2.05, 4.69) is 26.1 Å². The first-order chi connectivity index (χ1) is 18.8. The van der Waals surface area contributed by atoms with Gasteiger partial charge < -0.3 is 5.32 Å². The minimum absolute atomic E-state index is 0.152. The summed E-state index contributed by atoms with van der Waals surface area (Å²) in [6.07, 6.45) is 18.3. The molecule has 5 unspecified atom stereocenters. The monoisotopic (exact) mass is 582 g/mol. The van der Waals surface area contributed by atoms with E-state index in [9.17, 15) is 13.2 Å². The first-order valence-corrected chi connectivity index (χ1v) is 17.8. The molecule has 0 heterocycles. The summed E-state index contributed by atoms with van der Waals surface area (Å²) in [5.41, 5.74) is 1.06. The van der Waals surface area contributed by atoms with Crippen LogP contribution in [0.3, 0.4) is 0 Å². The molecule has 8 heteroatoms. The van der Waals surface area contributed by atoms with E-state index in [4.69, 9.17) is 8.74 Å². The van der Waals surface area contributed by atoms with E-state index in [0.29, 0.717) is 36.1 Å². The minimum Gasteiger partial charge on any atom is -0.356 e. The topological polar surface area (TPSA) is 95.9 Å². The van der Waals surface area contributed by atoms with Crippen molar-refractivity contribution in [2.24, 2.45) is 46.3 Å². The molecule has 0 aromatic rings. The van der Waals surface area contributed by atoms with Crippen LogP contribution in [0.25, 0.3) is 0 Å². The molecular weight excluding hydrogens is 524 g/mol. The predicted molar refractivity (Wildman–Crippen MR) is 160 cm³/mol. The van der Waals surface area contributed by atoms with E-state index in [1.54, 1.807) is 19.0 Å². The smallest absolute Gasteiger partial charge is 0.356 e. The number of rotatable bonds is 13. The summed E-state index contributed by atoms with van der Waals surface area (Å²) in [6, 6.07) is 0. The van der Waals surface area contributed by atoms with Gasteiger partial charge in [0.2, 0.25) is 5.91 Å². The zero-order valence-electron chi connectivity index (χ0n) is 26.0. The van der Waals surface area contributed by atoms with Crippen molar-refractivity contribution in [3.63, 3.8) is 0 Å². The Kier molecular flexibility index (Phi) is 10.7. The maximum absolute atomic E-state index is 12.6. The quantitative estimate of drug-likeness (QED) is 0.140. The van der Waals surface area contributed by atoms with Gasteiger partial charge >= 0.3 is 10.4 Å². The van der Waals surface area contributed by atoms with E-state index in [1.165, 1.54) is 64.2 Å². The van der Waals surface area contributed by atoms with Crippen LogP contribution in [0, 0.1) is 46.3 Å². The average molecular weight is 583 g/mol. The van der Waals surface area contributed by atoms with Crippen molar-refractivity contribution in [1.29, 1.82) is 0 Å². The fraction of sp³-hybridized carbons (Fsp3) is 0.969. The van der Waals surface area contributed by atoms with Crippen molar-refractivity contribution in [1.82, 2.24) is 10.2 Å². The Bertz CT molecular complexity index is 957. The number of fused-ring (bicyclic) bond motifs is 5. The van der Waals surface area contributed by atoms with Crippen LogP contribution in [0.5, 0.6) is 0 Å². The normalized spacial score (nSPS) is 37.3. The third kappa shape index (κ3) is 7.26. The molecule has 9 atom stereocenters. The fourth-order valence-electron chi connectivity index (χ4n) is 10.3. The van der Waals surface area contributed by atoms with E-state index >= 15 is 0 Å². The summed E-state index contributed by atoms with van der Waals surface area (Å²) < 4.78 is 35.7. The predicted octanol–water partition coefficient (Wildman–Crippen LogP) is 6.84. The van der Waals surface area contributed by atoms with Gasteiger partial charge in [0, 0.05) is 13.0 Å². The van der Waals surface area contributed by atoms with E-state index in [1.807, 2.05) is 0 Å². The Hall–Kier alpha value is -0.700. The highest BCUT2D eigenvalue weighted by Gasteiger charge is 2.60. The van der Waals surface area contributed by atoms with Crippen LogP contribution in [0.4, 0.5) is 0 Å². The molecule has 4 saturated carbocycles. The van der Waals surface area contributed by atoms with E-state index < -0.39 is 16.6 Å². The Labute approximate surface area is 244 Å². The van der Waals surface area contributed by atoms with E-state index in [-0.39, 0.29) is 5.91 Å². The first kappa shape index (κ1) is 32.2. The Morgan fingerprint density at radius 2 is 1.70 bits per heavy atom. The van der Waals surface area contributed by atoms with Crippen molar-refractivity contribution < 1.29 is 21.9 Å². The van der Waals surface area contributed by atoms with Gasteiger partial charge in [0.15, 0.2) is 0 Å². The molecule has 4 aliphatic rings. The zero-order chi connectivity index (χ0) is 29.1. The number of carbonyl (C=O) groups excluding carboxylic acids is 1. The molecule has 2 N–H and O–H groups in total. The summed E-state index contributed by atoms with van der Waals surface area (Å²) in [4.78, 5) is 14.3. The Morgan fingerprint density at radius 1 is 0.950 bits per heavy atom. The first-order valence-electron chi connectivity index (χ1n) is 16.4. The maximum Gasteiger partial charge on any atom is 0.398 e. The minimum atomic E-state index is -4.47. The van der Waals surface area contributed by atoms with Crippen molar-refractivity contribution in [3.05, 3.63) is 0 Å². The summed E-state index contributed by atoms with van der Waals surface area (Å²) in [6.45, 7) is 8.35. The lowest BCUT2D eigenvalue weighted by Crippen LogP contribution is -2.53. The molecule has 0 saturated heterocycles. The number of nitrogens with one attached hydrogen (secondary N) is 1. The molecule has 0 spiro atoms. The van der Waals surface area contributed by atoms with Gasteiger partial charge in [0.05, 0.1) is 0 Å². The summed E-state index contributed by atoms with van der Waals surface area (Å²) in [7, 11) is -1.03.